The minimum Gasteiger partial charge on any atom is -0.497 e. The van der Waals surface area contributed by atoms with E-state index in [-0.39, 0.29) is 24.8 Å². The van der Waals surface area contributed by atoms with Crippen molar-refractivity contribution in [2.24, 2.45) is 5.92 Å². The summed E-state index contributed by atoms with van der Waals surface area (Å²) in [6.45, 7) is 2.10. The fourth-order valence-electron chi connectivity index (χ4n) is 3.10. The van der Waals surface area contributed by atoms with E-state index in [9.17, 15) is 18.7 Å². The van der Waals surface area contributed by atoms with Gasteiger partial charge in [0.25, 0.3) is 5.91 Å². The minimum atomic E-state index is -0.984. The van der Waals surface area contributed by atoms with Crippen LogP contribution in [0.5, 0.6) is 5.75 Å². The number of carbonyl (C=O) groups is 1. The van der Waals surface area contributed by atoms with E-state index < -0.39 is 29.2 Å². The van der Waals surface area contributed by atoms with Crippen molar-refractivity contribution in [2.45, 2.75) is 19.4 Å². The molecule has 2 aromatic rings. The number of aliphatic hydroxyl groups is 1. The maximum Gasteiger partial charge on any atom is 0.259 e. The molecule has 6 nitrogen and oxygen atoms in total. The number of amides is 1. The summed E-state index contributed by atoms with van der Waals surface area (Å²) in [6.07, 6.45) is -0.298. The summed E-state index contributed by atoms with van der Waals surface area (Å²) in [5, 5.41) is 17.1. The number of ether oxygens (including phenoxy) is 1. The third-order valence-corrected chi connectivity index (χ3v) is 4.39. The standard InChI is InChI=1S/C17H19F2N3O3/c1-9-3-11(21-20-9)4-10-7-22(8-15(10)23)17(24)16-13(18)5-12(25-2)6-14(16)19/h3,5-6,10,15,23H,4,7-8H2,1-2H3,(H,20,21)/t10-,15-/m1/s1. The third-order valence-electron chi connectivity index (χ3n) is 4.39. The van der Waals surface area contributed by atoms with Gasteiger partial charge in [-0.3, -0.25) is 9.89 Å². The van der Waals surface area contributed by atoms with Gasteiger partial charge < -0.3 is 14.7 Å². The van der Waals surface area contributed by atoms with Crippen molar-refractivity contribution in [3.05, 3.63) is 46.8 Å². The number of hydrogen-bond acceptors (Lipinski definition) is 4. The number of methoxy groups -OCH3 is 1. The molecule has 8 heteroatoms. The molecular weight excluding hydrogens is 332 g/mol. The molecule has 1 saturated heterocycles. The monoisotopic (exact) mass is 351 g/mol. The predicted molar refractivity (Wildman–Crippen MR) is 85.3 cm³/mol. The largest absolute Gasteiger partial charge is 0.497 e. The Labute approximate surface area is 143 Å². The first-order chi connectivity index (χ1) is 11.9. The average molecular weight is 351 g/mol. The summed E-state index contributed by atoms with van der Waals surface area (Å²) < 4.78 is 33.0. The molecule has 2 N–H and O–H groups in total. The average Bonchev–Trinajstić information content (AvgIpc) is 3.13. The lowest BCUT2D eigenvalue weighted by Crippen LogP contribution is -2.31. The first-order valence-electron chi connectivity index (χ1n) is 7.90. The lowest BCUT2D eigenvalue weighted by atomic mass is 10.00. The Hall–Kier alpha value is -2.48. The molecule has 1 amide bonds. The highest BCUT2D eigenvalue weighted by Crippen LogP contribution is 2.26. The minimum absolute atomic E-state index is 0.000199. The normalized spacial score (nSPS) is 20.1. The molecule has 134 valence electrons. The van der Waals surface area contributed by atoms with Crippen molar-refractivity contribution in [1.82, 2.24) is 15.1 Å². The summed E-state index contributed by atoms with van der Waals surface area (Å²) in [6, 6.07) is 3.79. The Bertz CT molecular complexity index is 770. The lowest BCUT2D eigenvalue weighted by Gasteiger charge is -2.17. The Kier molecular flexibility index (Phi) is 4.71. The maximum atomic E-state index is 14.1. The fraction of sp³-hybridized carbons (Fsp3) is 0.412. The van der Waals surface area contributed by atoms with Crippen LogP contribution in [0.15, 0.2) is 18.2 Å². The van der Waals surface area contributed by atoms with E-state index in [0.717, 1.165) is 23.5 Å². The lowest BCUT2D eigenvalue weighted by molar-refractivity contribution is 0.0755. The second-order valence-corrected chi connectivity index (χ2v) is 6.25. The molecule has 1 aromatic carbocycles. The van der Waals surface area contributed by atoms with Crippen LogP contribution in [0.2, 0.25) is 0 Å². The summed E-state index contributed by atoms with van der Waals surface area (Å²) in [5.74, 6) is -2.99. The molecule has 2 atom stereocenters. The third kappa shape index (κ3) is 3.48. The van der Waals surface area contributed by atoms with Crippen LogP contribution in [-0.2, 0) is 6.42 Å². The van der Waals surface area contributed by atoms with Crippen LogP contribution in [0.1, 0.15) is 21.7 Å². The van der Waals surface area contributed by atoms with Gasteiger partial charge in [0, 0.05) is 36.8 Å². The highest BCUT2D eigenvalue weighted by atomic mass is 19.1. The van der Waals surface area contributed by atoms with E-state index in [4.69, 9.17) is 4.74 Å². The van der Waals surface area contributed by atoms with Gasteiger partial charge in [-0.2, -0.15) is 5.10 Å². The van der Waals surface area contributed by atoms with Crippen LogP contribution in [-0.4, -0.2) is 52.4 Å². The van der Waals surface area contributed by atoms with Crippen LogP contribution in [0.25, 0.3) is 0 Å². The highest BCUT2D eigenvalue weighted by Gasteiger charge is 2.36. The van der Waals surface area contributed by atoms with Gasteiger partial charge in [0.1, 0.15) is 22.9 Å². The smallest absolute Gasteiger partial charge is 0.259 e. The number of aromatic amines is 1. The molecule has 25 heavy (non-hydrogen) atoms. The number of aryl methyl sites for hydroxylation is 1. The number of H-pyrrole nitrogens is 1. The van der Waals surface area contributed by atoms with Gasteiger partial charge in [-0.1, -0.05) is 0 Å². The molecule has 2 heterocycles. The van der Waals surface area contributed by atoms with Crippen LogP contribution in [0, 0.1) is 24.5 Å². The van der Waals surface area contributed by atoms with Gasteiger partial charge in [0.2, 0.25) is 0 Å². The van der Waals surface area contributed by atoms with E-state index in [1.807, 2.05) is 13.0 Å². The molecule has 1 aromatic heterocycles. The molecule has 0 bridgehead atoms. The number of nitrogens with zero attached hydrogens (tertiary/aromatic N) is 2. The zero-order valence-electron chi connectivity index (χ0n) is 13.9. The maximum absolute atomic E-state index is 14.1. The SMILES string of the molecule is COc1cc(F)c(C(=O)N2C[C@@H](Cc3cc(C)[nH]n3)[C@H](O)C2)c(F)c1. The topological polar surface area (TPSA) is 78.5 Å². The van der Waals surface area contributed by atoms with Crippen LogP contribution < -0.4 is 4.74 Å². The van der Waals surface area contributed by atoms with E-state index in [1.54, 1.807) is 0 Å². The zero-order valence-corrected chi connectivity index (χ0v) is 13.9. The van der Waals surface area contributed by atoms with E-state index >= 15 is 0 Å². The van der Waals surface area contributed by atoms with Crippen molar-refractivity contribution in [2.75, 3.05) is 20.2 Å². The summed E-state index contributed by atoms with van der Waals surface area (Å²) in [4.78, 5) is 13.8. The number of aliphatic hydroxyl groups excluding tert-OH is 1. The number of benzene rings is 1. The van der Waals surface area contributed by atoms with E-state index in [1.165, 1.54) is 12.0 Å². The van der Waals surface area contributed by atoms with Gasteiger partial charge in [-0.25, -0.2) is 8.78 Å². The van der Waals surface area contributed by atoms with Crippen LogP contribution in [0.3, 0.4) is 0 Å². The Balaban J connectivity index is 1.75. The van der Waals surface area contributed by atoms with Crippen molar-refractivity contribution in [3.63, 3.8) is 0 Å². The summed E-state index contributed by atoms with van der Waals surface area (Å²) >= 11 is 0. The molecule has 1 aliphatic rings. The summed E-state index contributed by atoms with van der Waals surface area (Å²) in [5.41, 5.74) is 1.04. The second kappa shape index (κ2) is 6.79. The number of halogens is 2. The molecule has 0 unspecified atom stereocenters. The van der Waals surface area contributed by atoms with Gasteiger partial charge in [0.05, 0.1) is 18.9 Å². The molecule has 1 aliphatic heterocycles. The van der Waals surface area contributed by atoms with E-state index in [2.05, 4.69) is 10.2 Å². The van der Waals surface area contributed by atoms with Crippen molar-refractivity contribution < 1.29 is 23.4 Å². The predicted octanol–water partition coefficient (Wildman–Crippen LogP) is 1.68. The quantitative estimate of drug-likeness (QED) is 0.879. The van der Waals surface area contributed by atoms with Crippen LogP contribution in [0.4, 0.5) is 8.78 Å². The molecule has 1 fully saturated rings. The Morgan fingerprint density at radius 2 is 2.04 bits per heavy atom. The molecule has 0 saturated carbocycles. The van der Waals surface area contributed by atoms with Gasteiger partial charge >= 0.3 is 0 Å². The van der Waals surface area contributed by atoms with Crippen molar-refractivity contribution in [1.29, 1.82) is 0 Å². The molecular formula is C17H19F2N3O3. The molecule has 0 spiro atoms. The highest BCUT2D eigenvalue weighted by molar-refractivity contribution is 5.95. The Morgan fingerprint density at radius 1 is 1.36 bits per heavy atom. The number of hydrogen-bond donors (Lipinski definition) is 2. The van der Waals surface area contributed by atoms with Crippen LogP contribution >= 0.6 is 0 Å². The zero-order chi connectivity index (χ0) is 18.1. The fourth-order valence-corrected chi connectivity index (χ4v) is 3.10. The van der Waals surface area contributed by atoms with E-state index in [0.29, 0.717) is 6.42 Å². The number of aromatic nitrogens is 2. The first kappa shape index (κ1) is 17.3. The molecule has 0 radical (unpaired) electrons. The number of likely N-dealkylation sites (tertiary alicyclic amines) is 1. The summed E-state index contributed by atoms with van der Waals surface area (Å²) in [7, 11) is 1.29. The number of nitrogens with one attached hydrogen (secondary N) is 1. The number of carbonyl (C=O) groups excluding carboxylic acids is 1. The molecule has 0 aliphatic carbocycles. The molecule has 3 rings (SSSR count). The first-order valence-corrected chi connectivity index (χ1v) is 7.90. The second-order valence-electron chi connectivity index (χ2n) is 6.25. The van der Waals surface area contributed by atoms with Crippen molar-refractivity contribution in [3.8, 4) is 5.75 Å². The van der Waals surface area contributed by atoms with Gasteiger partial charge in [-0.15, -0.1) is 0 Å². The Morgan fingerprint density at radius 3 is 2.60 bits per heavy atom. The number of rotatable bonds is 4. The number of β-amino-alcohol motifs (C(OH)–C–C–N with tert-alkyl or cyclic N) is 1. The van der Waals surface area contributed by atoms with Gasteiger partial charge in [-0.05, 0) is 19.4 Å². The van der Waals surface area contributed by atoms with Gasteiger partial charge in [0.15, 0.2) is 0 Å². The van der Waals surface area contributed by atoms with Crippen molar-refractivity contribution >= 4 is 5.91 Å².